The third-order valence-electron chi connectivity index (χ3n) is 3.59. The molecule has 0 saturated carbocycles. The predicted octanol–water partition coefficient (Wildman–Crippen LogP) is 1.07. The van der Waals surface area contributed by atoms with Gasteiger partial charge in [-0.2, -0.15) is 0 Å². The molecule has 134 valence electrons. The van der Waals surface area contributed by atoms with Crippen LogP contribution in [0.5, 0.6) is 5.75 Å². The van der Waals surface area contributed by atoms with E-state index in [2.05, 4.69) is 15.3 Å². The molecule has 0 amide bonds. The number of sulfonamides is 1. The maximum atomic E-state index is 11.3. The molecule has 0 aliphatic rings. The van der Waals surface area contributed by atoms with Gasteiger partial charge in [-0.25, -0.2) is 23.5 Å². The van der Waals surface area contributed by atoms with Crippen molar-refractivity contribution in [3.8, 4) is 5.75 Å². The van der Waals surface area contributed by atoms with Crippen LogP contribution in [0, 0.1) is 0 Å². The fourth-order valence-electron chi connectivity index (χ4n) is 2.52. The Labute approximate surface area is 153 Å². The summed E-state index contributed by atoms with van der Waals surface area (Å²) < 4.78 is 28.5. The van der Waals surface area contributed by atoms with E-state index in [0.29, 0.717) is 22.9 Å². The van der Waals surface area contributed by atoms with E-state index >= 15 is 0 Å². The van der Waals surface area contributed by atoms with Crippen molar-refractivity contribution < 1.29 is 13.2 Å². The molecule has 3 aromatic rings. The highest BCUT2D eigenvalue weighted by Crippen LogP contribution is 2.25. The summed E-state index contributed by atoms with van der Waals surface area (Å²) in [6.45, 7) is 3.92. The van der Waals surface area contributed by atoms with E-state index in [0.717, 1.165) is 10.8 Å². The molecule has 7 nitrogen and oxygen atoms in total. The molecule has 9 heteroatoms. The van der Waals surface area contributed by atoms with Crippen molar-refractivity contribution in [1.29, 1.82) is 0 Å². The number of aromatic nitrogens is 2. The predicted molar refractivity (Wildman–Crippen MR) is 105 cm³/mol. The summed E-state index contributed by atoms with van der Waals surface area (Å²) in [7, 11) is -1.73. The average Bonchev–Trinajstić information content (AvgIpc) is 2.54. The van der Waals surface area contributed by atoms with Gasteiger partial charge in [0.1, 0.15) is 19.1 Å². The quantitative estimate of drug-likeness (QED) is 0.651. The monoisotopic (exact) mass is 370 g/mol. The molecular formula is C17H19BN4O3S. The van der Waals surface area contributed by atoms with Crippen LogP contribution in [0.2, 0.25) is 0 Å². The van der Waals surface area contributed by atoms with Gasteiger partial charge in [0.25, 0.3) is 0 Å². The number of primary sulfonamides is 1. The highest BCUT2D eigenvalue weighted by atomic mass is 32.2. The van der Waals surface area contributed by atoms with Crippen LogP contribution >= 0.6 is 0 Å². The van der Waals surface area contributed by atoms with Crippen molar-refractivity contribution in [2.45, 2.75) is 24.8 Å². The molecule has 2 aromatic carbocycles. The van der Waals surface area contributed by atoms with Gasteiger partial charge in [-0.3, -0.25) is 0 Å². The summed E-state index contributed by atoms with van der Waals surface area (Å²) in [4.78, 5) is 8.91. The van der Waals surface area contributed by atoms with Crippen LogP contribution < -0.4 is 20.7 Å². The topological polar surface area (TPSA) is 107 Å². The SMILES string of the molecule is Bc1cc(OC(C)C)c2nc(Nc3ccc(S(N)(=O)=O)cc3)ncc2c1. The molecule has 0 fully saturated rings. The van der Waals surface area contributed by atoms with Crippen molar-refractivity contribution in [2.75, 3.05) is 5.32 Å². The number of fused-ring (bicyclic) bond motifs is 1. The summed E-state index contributed by atoms with van der Waals surface area (Å²) in [6, 6.07) is 10.00. The van der Waals surface area contributed by atoms with Gasteiger partial charge < -0.3 is 10.1 Å². The second kappa shape index (κ2) is 6.93. The lowest BCUT2D eigenvalue weighted by Crippen LogP contribution is -2.12. The van der Waals surface area contributed by atoms with Gasteiger partial charge in [0.2, 0.25) is 16.0 Å². The third kappa shape index (κ3) is 4.12. The first-order valence-electron chi connectivity index (χ1n) is 8.06. The molecule has 0 unspecified atom stereocenters. The standard InChI is InChI=1S/C17H19BN4O3S/c1-10(2)25-15-8-12(18)7-11-9-20-17(22-16(11)15)21-13-3-5-14(6-4-13)26(19,23)24/h3-10H,18H2,1-2H3,(H2,19,23,24)(H,20,21,22). The number of nitrogens with zero attached hydrogens (tertiary/aromatic N) is 2. The highest BCUT2D eigenvalue weighted by Gasteiger charge is 2.10. The number of hydrogen-bond donors (Lipinski definition) is 2. The summed E-state index contributed by atoms with van der Waals surface area (Å²) in [5, 5.41) is 9.04. The Hall–Kier alpha value is -2.65. The average molecular weight is 370 g/mol. The molecule has 3 rings (SSSR count). The van der Waals surface area contributed by atoms with E-state index in [1.807, 2.05) is 33.8 Å². The zero-order valence-corrected chi connectivity index (χ0v) is 15.5. The zero-order chi connectivity index (χ0) is 18.9. The van der Waals surface area contributed by atoms with E-state index in [4.69, 9.17) is 9.88 Å². The normalized spacial score (nSPS) is 11.7. The van der Waals surface area contributed by atoms with Crippen LogP contribution in [0.25, 0.3) is 10.9 Å². The Kier molecular flexibility index (Phi) is 4.84. The van der Waals surface area contributed by atoms with E-state index < -0.39 is 10.0 Å². The number of hydrogen-bond acceptors (Lipinski definition) is 6. The second-order valence-corrected chi connectivity index (χ2v) is 7.82. The van der Waals surface area contributed by atoms with Crippen molar-refractivity contribution >= 4 is 45.9 Å². The first-order chi connectivity index (χ1) is 12.2. The Morgan fingerprint density at radius 1 is 1.19 bits per heavy atom. The summed E-state index contributed by atoms with van der Waals surface area (Å²) >= 11 is 0. The minimum Gasteiger partial charge on any atom is -0.489 e. The molecule has 0 aliphatic heterocycles. The second-order valence-electron chi connectivity index (χ2n) is 6.26. The maximum Gasteiger partial charge on any atom is 0.238 e. The van der Waals surface area contributed by atoms with Crippen LogP contribution in [0.1, 0.15) is 13.8 Å². The molecule has 0 atom stereocenters. The Morgan fingerprint density at radius 2 is 1.88 bits per heavy atom. The smallest absolute Gasteiger partial charge is 0.238 e. The fourth-order valence-corrected chi connectivity index (χ4v) is 3.03. The number of benzene rings is 2. The Morgan fingerprint density at radius 3 is 2.50 bits per heavy atom. The summed E-state index contributed by atoms with van der Waals surface area (Å²) in [5.74, 6) is 1.09. The number of nitrogens with one attached hydrogen (secondary N) is 1. The van der Waals surface area contributed by atoms with Gasteiger partial charge in [-0.05, 0) is 44.2 Å². The Balaban J connectivity index is 1.94. The molecule has 0 aliphatic carbocycles. The summed E-state index contributed by atoms with van der Waals surface area (Å²) in [6.07, 6.45) is 1.75. The van der Waals surface area contributed by atoms with E-state index in [9.17, 15) is 8.42 Å². The van der Waals surface area contributed by atoms with Gasteiger partial charge in [-0.15, -0.1) is 0 Å². The number of ether oxygens (including phenoxy) is 1. The summed E-state index contributed by atoms with van der Waals surface area (Å²) in [5.41, 5.74) is 2.43. The lowest BCUT2D eigenvalue weighted by Gasteiger charge is -2.14. The van der Waals surface area contributed by atoms with Crippen molar-refractivity contribution in [3.05, 3.63) is 42.6 Å². The molecule has 1 aromatic heterocycles. The maximum absolute atomic E-state index is 11.3. The van der Waals surface area contributed by atoms with Crippen molar-refractivity contribution in [1.82, 2.24) is 9.97 Å². The molecular weight excluding hydrogens is 351 g/mol. The first-order valence-corrected chi connectivity index (χ1v) is 9.61. The van der Waals surface area contributed by atoms with Crippen molar-refractivity contribution in [2.24, 2.45) is 5.14 Å². The molecule has 26 heavy (non-hydrogen) atoms. The first kappa shape index (κ1) is 18.2. The minimum absolute atomic E-state index is 0.0251. The van der Waals surface area contributed by atoms with Crippen molar-refractivity contribution in [3.63, 3.8) is 0 Å². The van der Waals surface area contributed by atoms with Gasteiger partial charge in [-0.1, -0.05) is 11.5 Å². The van der Waals surface area contributed by atoms with Crippen LogP contribution in [0.15, 0.2) is 47.5 Å². The molecule has 0 radical (unpaired) electrons. The van der Waals surface area contributed by atoms with E-state index in [1.54, 1.807) is 18.3 Å². The van der Waals surface area contributed by atoms with E-state index in [1.165, 1.54) is 12.1 Å². The van der Waals surface area contributed by atoms with Gasteiger partial charge >= 0.3 is 0 Å². The third-order valence-corrected chi connectivity index (χ3v) is 4.52. The van der Waals surface area contributed by atoms with Crippen LogP contribution in [0.4, 0.5) is 11.6 Å². The molecule has 0 spiro atoms. The van der Waals surface area contributed by atoms with E-state index in [-0.39, 0.29) is 11.0 Å². The van der Waals surface area contributed by atoms with Gasteiger partial charge in [0.05, 0.1) is 11.0 Å². The molecule has 0 bridgehead atoms. The van der Waals surface area contributed by atoms with Crippen LogP contribution in [-0.4, -0.2) is 32.3 Å². The highest BCUT2D eigenvalue weighted by molar-refractivity contribution is 7.89. The largest absolute Gasteiger partial charge is 0.489 e. The van der Waals surface area contributed by atoms with Crippen LogP contribution in [0.3, 0.4) is 0 Å². The zero-order valence-electron chi connectivity index (χ0n) is 14.7. The number of anilines is 2. The van der Waals surface area contributed by atoms with Crippen LogP contribution in [-0.2, 0) is 10.0 Å². The number of nitrogens with two attached hydrogens (primary N) is 1. The number of rotatable bonds is 5. The Bertz CT molecular complexity index is 1050. The van der Waals surface area contributed by atoms with Gasteiger partial charge in [0.15, 0.2) is 0 Å². The van der Waals surface area contributed by atoms with Gasteiger partial charge in [0, 0.05) is 17.3 Å². The minimum atomic E-state index is -3.72. The lowest BCUT2D eigenvalue weighted by molar-refractivity contribution is 0.245. The fraction of sp³-hybridized carbons (Fsp3) is 0.176. The lowest BCUT2D eigenvalue weighted by atomic mass is 9.94. The molecule has 0 saturated heterocycles. The molecule has 1 heterocycles. The molecule has 3 N–H and O–H groups in total.